The van der Waals surface area contributed by atoms with Crippen molar-refractivity contribution in [3.8, 4) is 0 Å². The summed E-state index contributed by atoms with van der Waals surface area (Å²) < 4.78 is 13.7. The van der Waals surface area contributed by atoms with Crippen molar-refractivity contribution < 1.29 is 14.3 Å². The number of carboxylic acid groups (broad SMARTS) is 1. The van der Waals surface area contributed by atoms with Crippen LogP contribution >= 0.6 is 15.9 Å². The number of hydrogen-bond donors (Lipinski definition) is 1. The van der Waals surface area contributed by atoms with Crippen LogP contribution in [0.25, 0.3) is 0 Å². The zero-order valence-electron chi connectivity index (χ0n) is 8.49. The zero-order valence-corrected chi connectivity index (χ0v) is 10.1. The fraction of sp³-hybridized carbons (Fsp3) is 0.364. The number of carboxylic acids is 1. The van der Waals surface area contributed by atoms with Gasteiger partial charge >= 0.3 is 5.97 Å². The minimum absolute atomic E-state index is 0.367. The van der Waals surface area contributed by atoms with E-state index >= 15 is 0 Å². The smallest absolute Gasteiger partial charge is 0.326 e. The van der Waals surface area contributed by atoms with Gasteiger partial charge in [-0.3, -0.25) is 0 Å². The molecule has 1 N–H and O–H groups in total. The molecule has 2 rings (SSSR count). The zero-order chi connectivity index (χ0) is 11.7. The lowest BCUT2D eigenvalue weighted by molar-refractivity contribution is -0.138. The molecule has 86 valence electrons. The second kappa shape index (κ2) is 4.41. The Morgan fingerprint density at radius 3 is 2.94 bits per heavy atom. The third-order valence-electron chi connectivity index (χ3n) is 2.77. The number of halogens is 2. The first-order valence-corrected chi connectivity index (χ1v) is 5.83. The van der Waals surface area contributed by atoms with Gasteiger partial charge in [-0.05, 0) is 47.0 Å². The van der Waals surface area contributed by atoms with Crippen molar-refractivity contribution in [1.82, 2.24) is 0 Å². The van der Waals surface area contributed by atoms with E-state index in [-0.39, 0.29) is 5.82 Å². The quantitative estimate of drug-likeness (QED) is 0.909. The van der Waals surface area contributed by atoms with Crippen LogP contribution < -0.4 is 4.90 Å². The average molecular weight is 288 g/mol. The van der Waals surface area contributed by atoms with Crippen LogP contribution in [0.15, 0.2) is 22.7 Å². The molecule has 0 spiro atoms. The van der Waals surface area contributed by atoms with Crippen molar-refractivity contribution in [2.75, 3.05) is 11.4 Å². The van der Waals surface area contributed by atoms with E-state index in [2.05, 4.69) is 15.9 Å². The summed E-state index contributed by atoms with van der Waals surface area (Å²) in [6.07, 6.45) is 1.45. The summed E-state index contributed by atoms with van der Waals surface area (Å²) in [5.74, 6) is -1.21. The fourth-order valence-corrected chi connectivity index (χ4v) is 2.24. The van der Waals surface area contributed by atoms with E-state index in [1.54, 1.807) is 17.0 Å². The molecule has 1 atom stereocenters. The van der Waals surface area contributed by atoms with E-state index < -0.39 is 12.0 Å². The average Bonchev–Trinajstić information content (AvgIpc) is 2.71. The van der Waals surface area contributed by atoms with E-state index in [1.165, 1.54) is 6.07 Å². The summed E-state index contributed by atoms with van der Waals surface area (Å²) in [5, 5.41) is 9.02. The van der Waals surface area contributed by atoms with E-state index in [0.29, 0.717) is 23.1 Å². The minimum atomic E-state index is -0.846. The Labute approximate surface area is 101 Å². The summed E-state index contributed by atoms with van der Waals surface area (Å²) in [6, 6.07) is 4.17. The Bertz CT molecular complexity index is 424. The monoisotopic (exact) mass is 287 g/mol. The van der Waals surface area contributed by atoms with E-state index in [4.69, 9.17) is 5.11 Å². The third kappa shape index (κ3) is 2.04. The minimum Gasteiger partial charge on any atom is -0.480 e. The largest absolute Gasteiger partial charge is 0.480 e. The Morgan fingerprint density at radius 1 is 1.56 bits per heavy atom. The first-order valence-electron chi connectivity index (χ1n) is 5.04. The first kappa shape index (κ1) is 11.4. The van der Waals surface area contributed by atoms with Gasteiger partial charge in [-0.25, -0.2) is 9.18 Å². The number of nitrogens with zero attached hydrogens (tertiary/aromatic N) is 1. The van der Waals surface area contributed by atoms with Crippen LogP contribution in [0.2, 0.25) is 0 Å². The van der Waals surface area contributed by atoms with Crippen molar-refractivity contribution in [1.29, 1.82) is 0 Å². The fourth-order valence-electron chi connectivity index (χ4n) is 2.00. The molecule has 0 saturated carbocycles. The summed E-state index contributed by atoms with van der Waals surface area (Å²) in [5.41, 5.74) is 0.630. The van der Waals surface area contributed by atoms with Crippen LogP contribution in [-0.2, 0) is 4.79 Å². The predicted molar refractivity (Wildman–Crippen MR) is 62.1 cm³/mol. The molecule has 0 radical (unpaired) electrons. The molecule has 0 aromatic heterocycles. The van der Waals surface area contributed by atoms with Gasteiger partial charge in [0, 0.05) is 12.2 Å². The van der Waals surface area contributed by atoms with Crippen molar-refractivity contribution in [3.05, 3.63) is 28.5 Å². The highest BCUT2D eigenvalue weighted by atomic mass is 79.9. The molecule has 1 aliphatic heterocycles. The number of anilines is 1. The lowest BCUT2D eigenvalue weighted by Gasteiger charge is -2.23. The maximum atomic E-state index is 13.3. The molecule has 1 aromatic carbocycles. The Balaban J connectivity index is 2.29. The van der Waals surface area contributed by atoms with Gasteiger partial charge in [0.15, 0.2) is 0 Å². The molecule has 0 unspecified atom stereocenters. The summed E-state index contributed by atoms with van der Waals surface area (Å²) in [7, 11) is 0. The van der Waals surface area contributed by atoms with Crippen LogP contribution in [0.1, 0.15) is 12.8 Å². The second-order valence-electron chi connectivity index (χ2n) is 3.79. The molecule has 1 heterocycles. The summed E-state index contributed by atoms with van der Waals surface area (Å²) in [6.45, 7) is 0.665. The van der Waals surface area contributed by atoms with E-state index in [9.17, 15) is 9.18 Å². The van der Waals surface area contributed by atoms with Gasteiger partial charge in [0.2, 0.25) is 0 Å². The molecule has 1 saturated heterocycles. The molecule has 1 aliphatic rings. The number of hydrogen-bond acceptors (Lipinski definition) is 2. The van der Waals surface area contributed by atoms with Gasteiger partial charge in [0.1, 0.15) is 11.9 Å². The van der Waals surface area contributed by atoms with Gasteiger partial charge < -0.3 is 10.0 Å². The highest BCUT2D eigenvalue weighted by Gasteiger charge is 2.30. The normalized spacial score (nSPS) is 20.1. The van der Waals surface area contributed by atoms with Gasteiger partial charge in [-0.1, -0.05) is 0 Å². The Hall–Kier alpha value is -1.10. The van der Waals surface area contributed by atoms with Crippen molar-refractivity contribution in [2.24, 2.45) is 0 Å². The maximum Gasteiger partial charge on any atom is 0.326 e. The number of carbonyl (C=O) groups is 1. The molecule has 5 heteroatoms. The standard InChI is InChI=1S/C11H11BrFNO2/c12-8-4-3-7(6-9(8)13)14-5-1-2-10(14)11(15)16/h3-4,6,10H,1-2,5H2,(H,15,16)/t10-/m0/s1. The highest BCUT2D eigenvalue weighted by molar-refractivity contribution is 9.10. The van der Waals surface area contributed by atoms with Crippen LogP contribution in [0.3, 0.4) is 0 Å². The van der Waals surface area contributed by atoms with Gasteiger partial charge in [0.25, 0.3) is 0 Å². The van der Waals surface area contributed by atoms with Crippen LogP contribution in [0.5, 0.6) is 0 Å². The number of aliphatic carboxylic acids is 1. The Morgan fingerprint density at radius 2 is 2.31 bits per heavy atom. The molecule has 1 fully saturated rings. The van der Waals surface area contributed by atoms with Crippen LogP contribution in [-0.4, -0.2) is 23.7 Å². The van der Waals surface area contributed by atoms with E-state index in [1.807, 2.05) is 0 Å². The molecule has 1 aromatic rings. The molecule has 16 heavy (non-hydrogen) atoms. The maximum absolute atomic E-state index is 13.3. The van der Waals surface area contributed by atoms with E-state index in [0.717, 1.165) is 6.42 Å². The van der Waals surface area contributed by atoms with Crippen molar-refractivity contribution in [3.63, 3.8) is 0 Å². The molecule has 3 nitrogen and oxygen atoms in total. The van der Waals surface area contributed by atoms with Gasteiger partial charge in [-0.15, -0.1) is 0 Å². The molecule has 0 amide bonds. The third-order valence-corrected chi connectivity index (χ3v) is 3.42. The SMILES string of the molecule is O=C(O)[C@@H]1CCCN1c1ccc(Br)c(F)c1. The summed E-state index contributed by atoms with van der Waals surface area (Å²) >= 11 is 3.07. The van der Waals surface area contributed by atoms with Crippen LogP contribution in [0.4, 0.5) is 10.1 Å². The number of rotatable bonds is 2. The van der Waals surface area contributed by atoms with Gasteiger partial charge in [0.05, 0.1) is 4.47 Å². The number of benzene rings is 1. The molecular weight excluding hydrogens is 277 g/mol. The summed E-state index contributed by atoms with van der Waals surface area (Å²) in [4.78, 5) is 12.7. The molecule has 0 bridgehead atoms. The predicted octanol–water partition coefficient (Wildman–Crippen LogP) is 2.64. The topological polar surface area (TPSA) is 40.5 Å². The Kier molecular flexibility index (Phi) is 3.14. The first-order chi connectivity index (χ1) is 7.59. The molecular formula is C11H11BrFNO2. The second-order valence-corrected chi connectivity index (χ2v) is 4.64. The lowest BCUT2D eigenvalue weighted by atomic mass is 10.2. The van der Waals surface area contributed by atoms with Crippen LogP contribution in [0, 0.1) is 5.82 Å². The van der Waals surface area contributed by atoms with Gasteiger partial charge in [-0.2, -0.15) is 0 Å². The van der Waals surface area contributed by atoms with Crippen molar-refractivity contribution >= 4 is 27.6 Å². The lowest BCUT2D eigenvalue weighted by Crippen LogP contribution is -2.35. The molecule has 0 aliphatic carbocycles. The highest BCUT2D eigenvalue weighted by Crippen LogP contribution is 2.28. The van der Waals surface area contributed by atoms with Crippen molar-refractivity contribution in [2.45, 2.75) is 18.9 Å².